The van der Waals surface area contributed by atoms with E-state index in [1.807, 2.05) is 12.1 Å². The van der Waals surface area contributed by atoms with Crippen molar-refractivity contribution in [2.75, 3.05) is 0 Å². The molecule has 3 rings (SSSR count). The van der Waals surface area contributed by atoms with Crippen LogP contribution in [-0.2, 0) is 16.1 Å². The van der Waals surface area contributed by atoms with Crippen molar-refractivity contribution in [1.82, 2.24) is 10.6 Å². The average Bonchev–Trinajstić information content (AvgIpc) is 3.40. The molecule has 0 bridgehead atoms. The quantitative estimate of drug-likeness (QED) is 0.432. The minimum absolute atomic E-state index is 0.134. The van der Waals surface area contributed by atoms with Crippen molar-refractivity contribution in [3.05, 3.63) is 46.1 Å². The summed E-state index contributed by atoms with van der Waals surface area (Å²) in [5.74, 6) is 0.215. The summed E-state index contributed by atoms with van der Waals surface area (Å²) in [4.78, 5) is 29.6. The Bertz CT molecular complexity index is 894. The fourth-order valence-electron chi connectivity index (χ4n) is 4.73. The van der Waals surface area contributed by atoms with E-state index in [-0.39, 0.29) is 29.6 Å². The molecule has 0 radical (unpaired) electrons. The molecule has 0 spiro atoms. The molecule has 7 heteroatoms. The highest BCUT2D eigenvalue weighted by molar-refractivity contribution is 6.30. The number of carbonyl (C=O) groups excluding carboxylic acids is 2. The lowest BCUT2D eigenvalue weighted by Crippen LogP contribution is -2.30. The average molecular weight is 473 g/mol. The number of nitrogens with two attached hydrogens (primary N) is 1. The number of rotatable bonds is 10. The number of unbranched alkanes of at least 4 members (excludes halogenated alkanes) is 1. The summed E-state index contributed by atoms with van der Waals surface area (Å²) in [6.45, 7) is 4.74. The summed E-state index contributed by atoms with van der Waals surface area (Å²) in [6, 6.07) is 7.86. The number of hydrogen-bond acceptors (Lipinski definition) is 4. The number of halogens is 1. The molecule has 2 amide bonds. The predicted octanol–water partition coefficient (Wildman–Crippen LogP) is 4.66. The monoisotopic (exact) mass is 472 g/mol. The van der Waals surface area contributed by atoms with Crippen molar-refractivity contribution in [3.8, 4) is 0 Å². The molecule has 3 atom stereocenters. The third kappa shape index (κ3) is 7.32. The molecule has 2 unspecified atom stereocenters. The molecular weight excluding hydrogens is 436 g/mol. The van der Waals surface area contributed by atoms with Crippen molar-refractivity contribution < 1.29 is 9.59 Å². The smallest absolute Gasteiger partial charge is 0.267 e. The standard InChI is InChI=1S/C26H37ClN4O2/c1-3-5-6-20(4-2)30-23-15-18(13-21-11-12-24(32)31-21)14-22(23)25(28)26(33)29-16-17-7-9-19(27)10-8-17/h7-10,18,20-21H,3-6,11-16,28H2,1-2H3,(H,29,33)(H,31,32)/t18?,20?,21-/m1/s1. The van der Waals surface area contributed by atoms with Crippen molar-refractivity contribution in [1.29, 1.82) is 0 Å². The Labute approximate surface area is 202 Å². The van der Waals surface area contributed by atoms with Gasteiger partial charge in [-0.15, -0.1) is 0 Å². The topological polar surface area (TPSA) is 96.6 Å². The van der Waals surface area contributed by atoms with Crippen LogP contribution in [0.1, 0.15) is 77.2 Å². The number of carbonyl (C=O) groups is 2. The highest BCUT2D eigenvalue weighted by atomic mass is 35.5. The van der Waals surface area contributed by atoms with E-state index in [4.69, 9.17) is 22.3 Å². The van der Waals surface area contributed by atoms with Crippen LogP contribution in [0.5, 0.6) is 0 Å². The van der Waals surface area contributed by atoms with Gasteiger partial charge in [0, 0.05) is 41.4 Å². The maximum Gasteiger partial charge on any atom is 0.267 e. The summed E-state index contributed by atoms with van der Waals surface area (Å²) >= 11 is 5.94. The first-order valence-corrected chi connectivity index (χ1v) is 12.6. The summed E-state index contributed by atoms with van der Waals surface area (Å²) < 4.78 is 0. The molecule has 1 aromatic carbocycles. The summed E-state index contributed by atoms with van der Waals surface area (Å²) in [7, 11) is 0. The maximum absolute atomic E-state index is 12.9. The van der Waals surface area contributed by atoms with E-state index in [0.29, 0.717) is 23.9 Å². The van der Waals surface area contributed by atoms with E-state index in [0.717, 1.165) is 68.2 Å². The van der Waals surface area contributed by atoms with Gasteiger partial charge >= 0.3 is 0 Å². The van der Waals surface area contributed by atoms with Crippen molar-refractivity contribution in [2.45, 2.75) is 90.3 Å². The number of hydrogen-bond donors (Lipinski definition) is 3. The number of nitrogens with one attached hydrogen (secondary N) is 2. The van der Waals surface area contributed by atoms with Gasteiger partial charge in [-0.2, -0.15) is 0 Å². The summed E-state index contributed by atoms with van der Waals surface area (Å²) in [5.41, 5.74) is 9.50. The Morgan fingerprint density at radius 1 is 1.27 bits per heavy atom. The molecule has 1 heterocycles. The van der Waals surface area contributed by atoms with Crippen molar-refractivity contribution >= 4 is 29.1 Å². The molecule has 2 fully saturated rings. The van der Waals surface area contributed by atoms with Gasteiger partial charge in [-0.05, 0) is 62.1 Å². The van der Waals surface area contributed by atoms with Gasteiger partial charge < -0.3 is 16.4 Å². The molecule has 1 aromatic rings. The van der Waals surface area contributed by atoms with Gasteiger partial charge in [0.1, 0.15) is 5.70 Å². The van der Waals surface area contributed by atoms with Gasteiger partial charge in [-0.25, -0.2) is 0 Å². The zero-order valence-corrected chi connectivity index (χ0v) is 20.6. The molecule has 1 saturated heterocycles. The van der Waals surface area contributed by atoms with Crippen LogP contribution < -0.4 is 16.4 Å². The molecule has 1 aliphatic heterocycles. The normalized spacial score (nSPS) is 24.1. The number of aliphatic imine (C=N–C) groups is 1. The van der Waals surface area contributed by atoms with Gasteiger partial charge in [-0.1, -0.05) is 50.4 Å². The Kier molecular flexibility index (Phi) is 9.36. The number of benzene rings is 1. The van der Waals surface area contributed by atoms with Crippen molar-refractivity contribution in [3.63, 3.8) is 0 Å². The lowest BCUT2D eigenvalue weighted by atomic mass is 9.97. The summed E-state index contributed by atoms with van der Waals surface area (Å²) in [5, 5.41) is 6.67. The van der Waals surface area contributed by atoms with Crippen LogP contribution in [0.25, 0.3) is 0 Å². The molecule has 180 valence electrons. The number of allylic oxidation sites excluding steroid dienone is 1. The fourth-order valence-corrected chi connectivity index (χ4v) is 4.86. The van der Waals surface area contributed by atoms with Gasteiger partial charge in [0.15, 0.2) is 0 Å². The van der Waals surface area contributed by atoms with Crippen LogP contribution in [-0.4, -0.2) is 29.6 Å². The predicted molar refractivity (Wildman–Crippen MR) is 134 cm³/mol. The Balaban J connectivity index is 1.75. The van der Waals surface area contributed by atoms with Crippen LogP contribution in [0.2, 0.25) is 5.02 Å². The highest BCUT2D eigenvalue weighted by Crippen LogP contribution is 2.35. The Morgan fingerprint density at radius 3 is 2.67 bits per heavy atom. The van der Waals surface area contributed by atoms with Crippen LogP contribution in [0, 0.1) is 5.92 Å². The van der Waals surface area contributed by atoms with Crippen molar-refractivity contribution in [2.24, 2.45) is 16.6 Å². The van der Waals surface area contributed by atoms with E-state index in [9.17, 15) is 9.59 Å². The zero-order chi connectivity index (χ0) is 23.8. The van der Waals surface area contributed by atoms with Crippen LogP contribution in [0.3, 0.4) is 0 Å². The largest absolute Gasteiger partial charge is 0.394 e. The molecule has 33 heavy (non-hydrogen) atoms. The maximum atomic E-state index is 12.9. The lowest BCUT2D eigenvalue weighted by Gasteiger charge is -2.14. The molecule has 4 N–H and O–H groups in total. The second-order valence-electron chi connectivity index (χ2n) is 9.29. The molecule has 0 aromatic heterocycles. The molecule has 1 saturated carbocycles. The third-order valence-electron chi connectivity index (χ3n) is 6.66. The van der Waals surface area contributed by atoms with E-state index in [1.165, 1.54) is 0 Å². The van der Waals surface area contributed by atoms with Gasteiger partial charge in [0.2, 0.25) is 5.91 Å². The Morgan fingerprint density at radius 2 is 2.03 bits per heavy atom. The first-order valence-electron chi connectivity index (χ1n) is 12.3. The Hall–Kier alpha value is -2.34. The minimum atomic E-state index is -0.260. The van der Waals surface area contributed by atoms with E-state index < -0.39 is 0 Å². The van der Waals surface area contributed by atoms with E-state index >= 15 is 0 Å². The number of nitrogens with zero attached hydrogens (tertiary/aromatic N) is 1. The second kappa shape index (κ2) is 12.2. The fraction of sp³-hybridized carbons (Fsp3) is 0.577. The van der Waals surface area contributed by atoms with E-state index in [2.05, 4.69) is 24.5 Å². The highest BCUT2D eigenvalue weighted by Gasteiger charge is 2.33. The van der Waals surface area contributed by atoms with Gasteiger partial charge in [0.25, 0.3) is 5.91 Å². The first-order chi connectivity index (χ1) is 15.9. The molecule has 6 nitrogen and oxygen atoms in total. The first kappa shape index (κ1) is 25.3. The van der Waals surface area contributed by atoms with E-state index in [1.54, 1.807) is 12.1 Å². The molecule has 2 aliphatic rings. The number of amides is 2. The SMILES string of the molecule is CCCCC(CC)N=C1CC(C[C@H]2CCC(=O)N2)CC1=C(N)C(=O)NCc1ccc(Cl)cc1. The third-order valence-corrected chi connectivity index (χ3v) is 6.91. The molecular formula is C26H37ClN4O2. The summed E-state index contributed by atoms with van der Waals surface area (Å²) in [6.07, 6.45) is 8.24. The van der Waals surface area contributed by atoms with Gasteiger partial charge in [0.05, 0.1) is 0 Å². The van der Waals surface area contributed by atoms with Gasteiger partial charge in [-0.3, -0.25) is 14.6 Å². The molecule has 1 aliphatic carbocycles. The zero-order valence-electron chi connectivity index (χ0n) is 19.8. The second-order valence-corrected chi connectivity index (χ2v) is 9.73. The van der Waals surface area contributed by atoms with Crippen LogP contribution in [0.4, 0.5) is 0 Å². The van der Waals surface area contributed by atoms with Crippen LogP contribution in [0.15, 0.2) is 40.5 Å². The van der Waals surface area contributed by atoms with Crippen LogP contribution >= 0.6 is 11.6 Å². The minimum Gasteiger partial charge on any atom is -0.394 e. The lowest BCUT2D eigenvalue weighted by molar-refractivity contribution is -0.119.